The lowest BCUT2D eigenvalue weighted by atomic mass is 9.94. The van der Waals surface area contributed by atoms with Gasteiger partial charge in [-0.1, -0.05) is 31.9 Å². The Balaban J connectivity index is 1.66. The number of carbonyl (C=O) groups excluding carboxylic acids is 1. The summed E-state index contributed by atoms with van der Waals surface area (Å²) in [6.45, 7) is 4.45. The average molecular weight is 382 g/mol. The molecule has 1 aliphatic rings. The normalized spacial score (nSPS) is 17.1. The van der Waals surface area contributed by atoms with Crippen LogP contribution >= 0.6 is 0 Å². The standard InChI is InChI=1S/C24H31NO3/c1-3-4-17-28-23-14-10-20(11-15-23)24(26)25-16-6-5-7-21(18-25)19-8-12-22(27-2)13-9-19/h8-15,21H,3-7,16-18H2,1-2H3. The second-order valence-corrected chi connectivity index (χ2v) is 7.44. The number of hydrogen-bond acceptors (Lipinski definition) is 3. The number of unbranched alkanes of at least 4 members (excludes halogenated alkanes) is 1. The number of amides is 1. The van der Waals surface area contributed by atoms with Gasteiger partial charge in [0.25, 0.3) is 5.91 Å². The molecule has 2 aromatic rings. The van der Waals surface area contributed by atoms with E-state index in [1.807, 2.05) is 41.3 Å². The molecule has 4 heteroatoms. The second kappa shape index (κ2) is 10.2. The van der Waals surface area contributed by atoms with E-state index in [4.69, 9.17) is 9.47 Å². The third-order valence-electron chi connectivity index (χ3n) is 5.41. The number of benzene rings is 2. The first-order valence-electron chi connectivity index (χ1n) is 10.4. The highest BCUT2D eigenvalue weighted by molar-refractivity contribution is 5.94. The van der Waals surface area contributed by atoms with Gasteiger partial charge >= 0.3 is 0 Å². The molecule has 0 aliphatic carbocycles. The molecule has 2 aromatic carbocycles. The van der Waals surface area contributed by atoms with Gasteiger partial charge in [0.1, 0.15) is 11.5 Å². The van der Waals surface area contributed by atoms with Crippen molar-refractivity contribution in [1.82, 2.24) is 4.90 Å². The minimum absolute atomic E-state index is 0.112. The van der Waals surface area contributed by atoms with Gasteiger partial charge in [-0.25, -0.2) is 0 Å². The molecule has 0 radical (unpaired) electrons. The molecule has 0 spiro atoms. The fourth-order valence-corrected chi connectivity index (χ4v) is 3.69. The monoisotopic (exact) mass is 381 g/mol. The van der Waals surface area contributed by atoms with E-state index in [9.17, 15) is 4.79 Å². The molecular weight excluding hydrogens is 350 g/mol. The van der Waals surface area contributed by atoms with Gasteiger partial charge in [-0.2, -0.15) is 0 Å². The Morgan fingerprint density at radius 1 is 1.04 bits per heavy atom. The van der Waals surface area contributed by atoms with Gasteiger partial charge in [0.2, 0.25) is 0 Å². The molecule has 28 heavy (non-hydrogen) atoms. The number of ether oxygens (including phenoxy) is 2. The Morgan fingerprint density at radius 3 is 2.43 bits per heavy atom. The minimum Gasteiger partial charge on any atom is -0.497 e. The van der Waals surface area contributed by atoms with Crippen molar-refractivity contribution in [3.8, 4) is 11.5 Å². The maximum Gasteiger partial charge on any atom is 0.253 e. The van der Waals surface area contributed by atoms with Gasteiger partial charge in [-0.15, -0.1) is 0 Å². The lowest BCUT2D eigenvalue weighted by molar-refractivity contribution is 0.0754. The third kappa shape index (κ3) is 5.28. The molecule has 1 heterocycles. The molecule has 1 atom stereocenters. The van der Waals surface area contributed by atoms with Gasteiger partial charge in [0.15, 0.2) is 0 Å². The van der Waals surface area contributed by atoms with Crippen LogP contribution in [0.25, 0.3) is 0 Å². The first-order valence-corrected chi connectivity index (χ1v) is 10.4. The van der Waals surface area contributed by atoms with Gasteiger partial charge in [0, 0.05) is 24.6 Å². The van der Waals surface area contributed by atoms with Crippen molar-refractivity contribution in [1.29, 1.82) is 0 Å². The number of methoxy groups -OCH3 is 1. The summed E-state index contributed by atoms with van der Waals surface area (Å²) in [5.74, 6) is 2.18. The molecule has 0 N–H and O–H groups in total. The van der Waals surface area contributed by atoms with Crippen molar-refractivity contribution in [3.05, 3.63) is 59.7 Å². The Morgan fingerprint density at radius 2 is 1.75 bits per heavy atom. The first kappa shape index (κ1) is 20.2. The molecule has 0 saturated carbocycles. The summed E-state index contributed by atoms with van der Waals surface area (Å²) >= 11 is 0. The van der Waals surface area contributed by atoms with Crippen LogP contribution in [-0.4, -0.2) is 37.6 Å². The fraction of sp³-hybridized carbons (Fsp3) is 0.458. The average Bonchev–Trinajstić information content (AvgIpc) is 3.00. The Bertz CT molecular complexity index is 739. The number of carbonyl (C=O) groups is 1. The SMILES string of the molecule is CCCCOc1ccc(C(=O)N2CCCCC(c3ccc(OC)cc3)C2)cc1. The fourth-order valence-electron chi connectivity index (χ4n) is 3.69. The van der Waals surface area contributed by atoms with Crippen LogP contribution in [0.3, 0.4) is 0 Å². The highest BCUT2D eigenvalue weighted by atomic mass is 16.5. The van der Waals surface area contributed by atoms with Crippen LogP contribution in [0.5, 0.6) is 11.5 Å². The molecule has 150 valence electrons. The van der Waals surface area contributed by atoms with Crippen LogP contribution in [0.4, 0.5) is 0 Å². The molecule has 0 aromatic heterocycles. The summed E-state index contributed by atoms with van der Waals surface area (Å²) in [6, 6.07) is 15.8. The molecule has 3 rings (SSSR count). The summed E-state index contributed by atoms with van der Waals surface area (Å²) in [4.78, 5) is 15.1. The van der Waals surface area contributed by atoms with E-state index in [-0.39, 0.29) is 5.91 Å². The Hall–Kier alpha value is -2.49. The van der Waals surface area contributed by atoms with Crippen molar-refractivity contribution >= 4 is 5.91 Å². The van der Waals surface area contributed by atoms with Gasteiger partial charge in [-0.05, 0) is 61.2 Å². The molecule has 1 aliphatic heterocycles. The summed E-state index contributed by atoms with van der Waals surface area (Å²) in [5.41, 5.74) is 2.01. The van der Waals surface area contributed by atoms with E-state index in [1.54, 1.807) is 7.11 Å². The summed E-state index contributed by atoms with van der Waals surface area (Å²) in [7, 11) is 1.68. The second-order valence-electron chi connectivity index (χ2n) is 7.44. The number of hydrogen-bond donors (Lipinski definition) is 0. The van der Waals surface area contributed by atoms with E-state index in [2.05, 4.69) is 19.1 Å². The zero-order valence-corrected chi connectivity index (χ0v) is 17.0. The Kier molecular flexibility index (Phi) is 7.35. The predicted octanol–water partition coefficient (Wildman–Crippen LogP) is 5.28. The number of rotatable bonds is 7. The van der Waals surface area contributed by atoms with E-state index in [1.165, 1.54) is 5.56 Å². The third-order valence-corrected chi connectivity index (χ3v) is 5.41. The van der Waals surface area contributed by atoms with Crippen LogP contribution in [0, 0.1) is 0 Å². The molecule has 1 fully saturated rings. The minimum atomic E-state index is 0.112. The van der Waals surface area contributed by atoms with E-state index >= 15 is 0 Å². The molecule has 1 unspecified atom stereocenters. The first-order chi connectivity index (χ1) is 13.7. The maximum atomic E-state index is 13.1. The van der Waals surface area contributed by atoms with Crippen LogP contribution in [-0.2, 0) is 0 Å². The van der Waals surface area contributed by atoms with E-state index < -0.39 is 0 Å². The molecular formula is C24H31NO3. The lowest BCUT2D eigenvalue weighted by Gasteiger charge is -2.25. The highest BCUT2D eigenvalue weighted by Crippen LogP contribution is 2.28. The molecule has 4 nitrogen and oxygen atoms in total. The van der Waals surface area contributed by atoms with Crippen molar-refractivity contribution < 1.29 is 14.3 Å². The van der Waals surface area contributed by atoms with Crippen molar-refractivity contribution in [2.75, 3.05) is 26.8 Å². The highest BCUT2D eigenvalue weighted by Gasteiger charge is 2.24. The van der Waals surface area contributed by atoms with Crippen molar-refractivity contribution in [2.45, 2.75) is 44.9 Å². The van der Waals surface area contributed by atoms with E-state index in [0.717, 1.165) is 68.9 Å². The maximum absolute atomic E-state index is 13.1. The van der Waals surface area contributed by atoms with E-state index in [0.29, 0.717) is 5.92 Å². The van der Waals surface area contributed by atoms with Crippen LogP contribution in [0.2, 0.25) is 0 Å². The molecule has 1 saturated heterocycles. The van der Waals surface area contributed by atoms with Crippen LogP contribution < -0.4 is 9.47 Å². The van der Waals surface area contributed by atoms with Crippen LogP contribution in [0.15, 0.2) is 48.5 Å². The van der Waals surface area contributed by atoms with Crippen LogP contribution in [0.1, 0.15) is 60.9 Å². The zero-order valence-electron chi connectivity index (χ0n) is 17.0. The largest absolute Gasteiger partial charge is 0.497 e. The topological polar surface area (TPSA) is 38.8 Å². The number of nitrogens with zero attached hydrogens (tertiary/aromatic N) is 1. The summed E-state index contributed by atoms with van der Waals surface area (Å²) in [5, 5.41) is 0. The van der Waals surface area contributed by atoms with Crippen molar-refractivity contribution in [2.24, 2.45) is 0 Å². The quantitative estimate of drug-likeness (QED) is 0.612. The summed E-state index contributed by atoms with van der Waals surface area (Å²) < 4.78 is 11.0. The smallest absolute Gasteiger partial charge is 0.253 e. The predicted molar refractivity (Wildman–Crippen MR) is 112 cm³/mol. The molecule has 0 bridgehead atoms. The van der Waals surface area contributed by atoms with Gasteiger partial charge < -0.3 is 14.4 Å². The molecule has 1 amide bonds. The van der Waals surface area contributed by atoms with Gasteiger partial charge in [-0.3, -0.25) is 4.79 Å². The number of likely N-dealkylation sites (tertiary alicyclic amines) is 1. The summed E-state index contributed by atoms with van der Waals surface area (Å²) in [6.07, 6.45) is 5.46. The van der Waals surface area contributed by atoms with Crippen molar-refractivity contribution in [3.63, 3.8) is 0 Å². The Labute approximate surface area is 168 Å². The van der Waals surface area contributed by atoms with Gasteiger partial charge in [0.05, 0.1) is 13.7 Å². The zero-order chi connectivity index (χ0) is 19.8. The lowest BCUT2D eigenvalue weighted by Crippen LogP contribution is -2.34.